The monoisotopic (exact) mass is 367 g/mol. The minimum atomic E-state index is 0.259. The van der Waals surface area contributed by atoms with Crippen LogP contribution >= 0.6 is 0 Å². The summed E-state index contributed by atoms with van der Waals surface area (Å²) < 4.78 is 5.99. The van der Waals surface area contributed by atoms with Gasteiger partial charge in [0.05, 0.1) is 6.04 Å². The summed E-state index contributed by atoms with van der Waals surface area (Å²) in [6.45, 7) is 4.63. The number of anilines is 1. The molecule has 1 unspecified atom stereocenters. The molecular weight excluding hydrogens is 338 g/mol. The van der Waals surface area contributed by atoms with E-state index in [0.717, 1.165) is 50.0 Å². The second-order valence-corrected chi connectivity index (χ2v) is 8.75. The molecule has 3 fully saturated rings. The van der Waals surface area contributed by atoms with Gasteiger partial charge in [-0.05, 0) is 69.4 Å². The third kappa shape index (κ3) is 3.11. The maximum atomic E-state index is 13.0. The first-order valence-electron chi connectivity index (χ1n) is 10.6. The molecule has 3 aliphatic rings. The van der Waals surface area contributed by atoms with E-state index < -0.39 is 0 Å². The van der Waals surface area contributed by atoms with Crippen molar-refractivity contribution in [3.8, 4) is 0 Å². The van der Waals surface area contributed by atoms with Crippen LogP contribution in [-0.4, -0.2) is 41.5 Å². The van der Waals surface area contributed by atoms with Crippen LogP contribution in [0.2, 0.25) is 0 Å². The van der Waals surface area contributed by atoms with Gasteiger partial charge in [-0.25, -0.2) is 0 Å². The summed E-state index contributed by atoms with van der Waals surface area (Å²) in [5.74, 6) is 0.649. The third-order valence-electron chi connectivity index (χ3n) is 7.14. The molecule has 2 heterocycles. The highest BCUT2D eigenvalue weighted by Gasteiger charge is 2.46. The number of hydrogen-bond donors (Lipinski definition) is 0. The Labute approximate surface area is 160 Å². The number of fused-ring (bicyclic) bond motifs is 1. The number of likely N-dealkylation sites (N-methyl/N-ethyl adjacent to an activating group) is 1. The van der Waals surface area contributed by atoms with E-state index >= 15 is 0 Å². The molecule has 27 heavy (non-hydrogen) atoms. The average molecular weight is 367 g/mol. The molecule has 1 aromatic heterocycles. The molecule has 2 saturated carbocycles. The average Bonchev–Trinajstić information content (AvgIpc) is 3.11. The molecular formula is C22H29N3O2. The number of hydrogen-bond acceptors (Lipinski definition) is 4. The van der Waals surface area contributed by atoms with E-state index in [-0.39, 0.29) is 5.92 Å². The number of likely N-dealkylation sites (tertiary alicyclic amines) is 1. The smallest absolute Gasteiger partial charge is 0.298 e. The quantitative estimate of drug-likeness (QED) is 0.812. The normalized spacial score (nSPS) is 24.6. The Morgan fingerprint density at radius 1 is 1.22 bits per heavy atom. The Morgan fingerprint density at radius 3 is 2.70 bits per heavy atom. The molecule has 144 valence electrons. The zero-order chi connectivity index (χ0) is 18.4. The molecule has 5 rings (SSSR count). The second-order valence-electron chi connectivity index (χ2n) is 8.75. The molecule has 1 amide bonds. The van der Waals surface area contributed by atoms with Crippen LogP contribution in [0, 0.1) is 11.3 Å². The van der Waals surface area contributed by atoms with E-state index in [4.69, 9.17) is 4.42 Å². The lowest BCUT2D eigenvalue weighted by Crippen LogP contribution is -2.41. The maximum Gasteiger partial charge on any atom is 0.298 e. The number of benzene rings is 1. The molecule has 0 radical (unpaired) electrons. The van der Waals surface area contributed by atoms with Crippen molar-refractivity contribution in [1.29, 1.82) is 0 Å². The van der Waals surface area contributed by atoms with Gasteiger partial charge in [-0.1, -0.05) is 12.1 Å². The summed E-state index contributed by atoms with van der Waals surface area (Å²) in [6.07, 6.45) is 8.53. The number of nitrogens with zero attached hydrogens (tertiary/aromatic N) is 3. The maximum absolute atomic E-state index is 13.0. The van der Waals surface area contributed by atoms with Crippen molar-refractivity contribution in [1.82, 2.24) is 9.88 Å². The highest BCUT2D eigenvalue weighted by molar-refractivity contribution is 5.79. The predicted molar refractivity (Wildman–Crippen MR) is 106 cm³/mol. The summed E-state index contributed by atoms with van der Waals surface area (Å²) in [5, 5.41) is 0. The van der Waals surface area contributed by atoms with Crippen LogP contribution in [-0.2, 0) is 4.79 Å². The molecule has 1 spiro atoms. The Balaban J connectivity index is 1.25. The van der Waals surface area contributed by atoms with Crippen LogP contribution in [0.5, 0.6) is 0 Å². The van der Waals surface area contributed by atoms with Crippen LogP contribution in [0.3, 0.4) is 0 Å². The number of carbonyl (C=O) groups is 1. The molecule has 2 aromatic rings. The molecule has 1 aliphatic heterocycles. The van der Waals surface area contributed by atoms with Gasteiger partial charge in [-0.15, -0.1) is 0 Å². The number of aromatic nitrogens is 1. The van der Waals surface area contributed by atoms with Gasteiger partial charge in [0.25, 0.3) is 6.01 Å². The summed E-state index contributed by atoms with van der Waals surface area (Å²) in [4.78, 5) is 22.0. The highest BCUT2D eigenvalue weighted by atomic mass is 16.4. The van der Waals surface area contributed by atoms with Gasteiger partial charge in [0.2, 0.25) is 5.91 Å². The third-order valence-corrected chi connectivity index (χ3v) is 7.14. The Hall–Kier alpha value is -2.04. The van der Waals surface area contributed by atoms with Gasteiger partial charge < -0.3 is 14.2 Å². The van der Waals surface area contributed by atoms with Crippen molar-refractivity contribution < 1.29 is 9.21 Å². The number of rotatable bonds is 4. The van der Waals surface area contributed by atoms with Crippen molar-refractivity contribution in [2.45, 2.75) is 57.9 Å². The predicted octanol–water partition coefficient (Wildman–Crippen LogP) is 4.23. The van der Waals surface area contributed by atoms with Gasteiger partial charge >= 0.3 is 0 Å². The molecule has 1 saturated heterocycles. The van der Waals surface area contributed by atoms with Crippen molar-refractivity contribution in [2.24, 2.45) is 11.3 Å². The Bertz CT molecular complexity index is 798. The van der Waals surface area contributed by atoms with Crippen LogP contribution in [0.4, 0.5) is 6.01 Å². The lowest BCUT2D eigenvalue weighted by molar-refractivity contribution is -0.135. The fourth-order valence-electron chi connectivity index (χ4n) is 5.14. The first-order valence-corrected chi connectivity index (χ1v) is 10.6. The molecule has 2 aliphatic carbocycles. The van der Waals surface area contributed by atoms with Crippen LogP contribution in [0.15, 0.2) is 28.7 Å². The first-order chi connectivity index (χ1) is 13.2. The lowest BCUT2D eigenvalue weighted by Gasteiger charge is -2.31. The van der Waals surface area contributed by atoms with Crippen molar-refractivity contribution in [2.75, 3.05) is 24.5 Å². The zero-order valence-electron chi connectivity index (χ0n) is 16.2. The van der Waals surface area contributed by atoms with E-state index in [2.05, 4.69) is 21.7 Å². The summed E-state index contributed by atoms with van der Waals surface area (Å²) in [6, 6.07) is 8.88. The van der Waals surface area contributed by atoms with E-state index in [0.29, 0.717) is 23.4 Å². The SMILES string of the molecule is CCN(c1nc2ccccc2o1)C1CCN(C(=O)C2CCC3(CC2)CC3)C1. The lowest BCUT2D eigenvalue weighted by atomic mass is 9.79. The summed E-state index contributed by atoms with van der Waals surface area (Å²) in [5.41, 5.74) is 2.37. The Kier molecular flexibility index (Phi) is 4.14. The number of amides is 1. The van der Waals surface area contributed by atoms with Gasteiger partial charge in [0, 0.05) is 25.6 Å². The molecule has 0 bridgehead atoms. The van der Waals surface area contributed by atoms with Crippen LogP contribution < -0.4 is 4.90 Å². The van der Waals surface area contributed by atoms with Crippen molar-refractivity contribution in [3.63, 3.8) is 0 Å². The summed E-state index contributed by atoms with van der Waals surface area (Å²) in [7, 11) is 0. The topological polar surface area (TPSA) is 49.6 Å². The van der Waals surface area contributed by atoms with Gasteiger partial charge in [-0.3, -0.25) is 4.79 Å². The minimum absolute atomic E-state index is 0.259. The number of oxazole rings is 1. The van der Waals surface area contributed by atoms with Gasteiger partial charge in [-0.2, -0.15) is 4.98 Å². The molecule has 1 aromatic carbocycles. The van der Waals surface area contributed by atoms with E-state index in [1.54, 1.807) is 0 Å². The van der Waals surface area contributed by atoms with Crippen molar-refractivity contribution in [3.05, 3.63) is 24.3 Å². The standard InChI is InChI=1S/C22H29N3O2/c1-2-25(21-23-18-5-3-4-6-19(18)27-21)17-9-14-24(15-17)20(26)16-7-10-22(11-8-16)12-13-22/h3-6,16-17H,2,7-15H2,1H3. The van der Waals surface area contributed by atoms with Crippen LogP contribution in [0.25, 0.3) is 11.1 Å². The zero-order valence-corrected chi connectivity index (χ0v) is 16.2. The minimum Gasteiger partial charge on any atom is -0.423 e. The molecule has 5 heteroatoms. The largest absolute Gasteiger partial charge is 0.423 e. The van der Waals surface area contributed by atoms with Gasteiger partial charge in [0.15, 0.2) is 5.58 Å². The molecule has 0 N–H and O–H groups in total. The molecule has 1 atom stereocenters. The fraction of sp³-hybridized carbons (Fsp3) is 0.636. The van der Waals surface area contributed by atoms with Crippen LogP contribution in [0.1, 0.15) is 51.9 Å². The van der Waals surface area contributed by atoms with Gasteiger partial charge in [0.1, 0.15) is 5.52 Å². The number of para-hydroxylation sites is 2. The Morgan fingerprint density at radius 2 is 2.00 bits per heavy atom. The summed E-state index contributed by atoms with van der Waals surface area (Å²) >= 11 is 0. The fourth-order valence-corrected chi connectivity index (χ4v) is 5.14. The second kappa shape index (κ2) is 6.54. The first kappa shape index (κ1) is 17.1. The van der Waals surface area contributed by atoms with E-state index in [1.807, 2.05) is 24.3 Å². The van der Waals surface area contributed by atoms with Crippen molar-refractivity contribution >= 4 is 23.0 Å². The molecule has 5 nitrogen and oxygen atoms in total. The number of carbonyl (C=O) groups excluding carboxylic acids is 1. The van der Waals surface area contributed by atoms with E-state index in [9.17, 15) is 4.79 Å². The highest BCUT2D eigenvalue weighted by Crippen LogP contribution is 2.57. The van der Waals surface area contributed by atoms with E-state index in [1.165, 1.54) is 25.7 Å².